The Morgan fingerprint density at radius 3 is 2.61 bits per heavy atom. The van der Waals surface area contributed by atoms with E-state index in [0.717, 1.165) is 25.7 Å². The Hall–Kier alpha value is -1.90. The van der Waals surface area contributed by atoms with Crippen molar-refractivity contribution in [3.63, 3.8) is 0 Å². The highest BCUT2D eigenvalue weighted by Gasteiger charge is 2.68. The first-order valence-electron chi connectivity index (χ1n) is 8.59. The van der Waals surface area contributed by atoms with Gasteiger partial charge in [0.2, 0.25) is 5.78 Å². The van der Waals surface area contributed by atoms with E-state index in [2.05, 4.69) is 12.1 Å². The average Bonchev–Trinajstić information content (AvgIpc) is 2.74. The van der Waals surface area contributed by atoms with Crippen LogP contribution in [0.1, 0.15) is 37.7 Å². The van der Waals surface area contributed by atoms with Gasteiger partial charge in [0.1, 0.15) is 0 Å². The highest BCUT2D eigenvalue weighted by molar-refractivity contribution is 6.12. The van der Waals surface area contributed by atoms with E-state index in [1.807, 2.05) is 18.2 Å². The molecule has 4 atom stereocenters. The summed E-state index contributed by atoms with van der Waals surface area (Å²) in [7, 11) is 1.48. The number of rotatable bonds is 2. The molecule has 3 aliphatic carbocycles. The minimum atomic E-state index is -0.236. The van der Waals surface area contributed by atoms with Crippen LogP contribution in [0.3, 0.4) is 0 Å². The maximum absolute atomic E-state index is 13.0. The van der Waals surface area contributed by atoms with E-state index in [-0.39, 0.29) is 34.6 Å². The fraction of sp³-hybridized carbons (Fsp3) is 0.500. The number of Topliss-reactive ketones (excluding diaryl/α,β-unsaturated/α-hetero) is 1. The predicted octanol–water partition coefficient (Wildman–Crippen LogP) is 3.43. The summed E-state index contributed by atoms with van der Waals surface area (Å²) in [5.74, 6) is 0.280. The lowest BCUT2D eigenvalue weighted by molar-refractivity contribution is -0.156. The SMILES string of the molecule is COC1=CC(=O)[C@@H]2C3CCCCC[C@]3(c3ccccc3)[C@@H]2C1=O. The van der Waals surface area contributed by atoms with Gasteiger partial charge >= 0.3 is 0 Å². The molecular formula is C20H22O3. The Kier molecular flexibility index (Phi) is 3.40. The number of carbonyl (C=O) groups is 2. The molecule has 3 nitrogen and oxygen atoms in total. The van der Waals surface area contributed by atoms with Gasteiger partial charge in [0, 0.05) is 23.3 Å². The molecule has 0 N–H and O–H groups in total. The van der Waals surface area contributed by atoms with Crippen molar-refractivity contribution in [1.82, 2.24) is 0 Å². The quantitative estimate of drug-likeness (QED) is 0.840. The molecule has 2 saturated carbocycles. The lowest BCUT2D eigenvalue weighted by Gasteiger charge is -2.61. The second-order valence-corrected chi connectivity index (χ2v) is 7.10. The van der Waals surface area contributed by atoms with Gasteiger partial charge in [0.25, 0.3) is 0 Å². The van der Waals surface area contributed by atoms with Gasteiger partial charge in [-0.15, -0.1) is 0 Å². The Morgan fingerprint density at radius 2 is 1.87 bits per heavy atom. The second-order valence-electron chi connectivity index (χ2n) is 7.10. The Bertz CT molecular complexity index is 675. The van der Waals surface area contributed by atoms with Crippen molar-refractivity contribution in [2.24, 2.45) is 17.8 Å². The zero-order valence-corrected chi connectivity index (χ0v) is 13.5. The molecule has 0 aromatic heterocycles. The Morgan fingerprint density at radius 1 is 1.09 bits per heavy atom. The summed E-state index contributed by atoms with van der Waals surface area (Å²) in [6.45, 7) is 0. The molecule has 0 spiro atoms. The van der Waals surface area contributed by atoms with E-state index in [1.165, 1.54) is 25.2 Å². The van der Waals surface area contributed by atoms with Gasteiger partial charge in [-0.3, -0.25) is 9.59 Å². The molecule has 3 aliphatic rings. The molecule has 1 aromatic rings. The van der Waals surface area contributed by atoms with Crippen LogP contribution in [0.2, 0.25) is 0 Å². The van der Waals surface area contributed by atoms with Gasteiger partial charge in [-0.25, -0.2) is 0 Å². The lowest BCUT2D eigenvalue weighted by Crippen LogP contribution is -2.66. The largest absolute Gasteiger partial charge is 0.493 e. The molecule has 0 amide bonds. The van der Waals surface area contributed by atoms with E-state index in [4.69, 9.17) is 4.74 Å². The number of fused-ring (bicyclic) bond motifs is 4. The summed E-state index contributed by atoms with van der Waals surface area (Å²) in [5, 5.41) is 0. The first-order chi connectivity index (χ1) is 11.2. The molecule has 1 unspecified atom stereocenters. The van der Waals surface area contributed by atoms with Crippen LogP contribution in [0.25, 0.3) is 0 Å². The fourth-order valence-electron chi connectivity index (χ4n) is 5.38. The topological polar surface area (TPSA) is 43.4 Å². The van der Waals surface area contributed by atoms with E-state index in [1.54, 1.807) is 0 Å². The number of ether oxygens (including phenoxy) is 1. The molecule has 0 aliphatic heterocycles. The van der Waals surface area contributed by atoms with Gasteiger partial charge < -0.3 is 4.74 Å². The highest BCUT2D eigenvalue weighted by Crippen LogP contribution is 2.64. The van der Waals surface area contributed by atoms with Gasteiger partial charge in [0.05, 0.1) is 7.11 Å². The maximum Gasteiger partial charge on any atom is 0.202 e. The van der Waals surface area contributed by atoms with E-state index in [0.29, 0.717) is 5.92 Å². The van der Waals surface area contributed by atoms with E-state index in [9.17, 15) is 9.59 Å². The third-order valence-corrected chi connectivity index (χ3v) is 6.27. The number of hydrogen-bond donors (Lipinski definition) is 0. The van der Waals surface area contributed by atoms with Crippen molar-refractivity contribution in [3.05, 3.63) is 47.7 Å². The third-order valence-electron chi connectivity index (χ3n) is 6.27. The van der Waals surface area contributed by atoms with Crippen LogP contribution in [-0.2, 0) is 19.7 Å². The van der Waals surface area contributed by atoms with Crippen LogP contribution in [-0.4, -0.2) is 18.7 Å². The summed E-state index contributed by atoms with van der Waals surface area (Å²) < 4.78 is 5.21. The number of allylic oxidation sites excluding steroid dienone is 2. The summed E-state index contributed by atoms with van der Waals surface area (Å²) in [4.78, 5) is 25.6. The Balaban J connectivity index is 1.86. The average molecular weight is 310 g/mol. The minimum absolute atomic E-state index is 0.0269. The van der Waals surface area contributed by atoms with Crippen LogP contribution in [0.5, 0.6) is 0 Å². The highest BCUT2D eigenvalue weighted by atomic mass is 16.5. The predicted molar refractivity (Wildman–Crippen MR) is 86.8 cm³/mol. The summed E-state index contributed by atoms with van der Waals surface area (Å²) >= 11 is 0. The molecule has 3 heteroatoms. The molecule has 0 saturated heterocycles. The number of ketones is 2. The third kappa shape index (κ3) is 1.89. The normalized spacial score (nSPS) is 36.2. The molecule has 0 bridgehead atoms. The first-order valence-corrected chi connectivity index (χ1v) is 8.59. The smallest absolute Gasteiger partial charge is 0.202 e. The van der Waals surface area contributed by atoms with E-state index < -0.39 is 0 Å². The van der Waals surface area contributed by atoms with Crippen LogP contribution in [0.15, 0.2) is 42.2 Å². The van der Waals surface area contributed by atoms with Crippen LogP contribution < -0.4 is 0 Å². The number of methoxy groups -OCH3 is 1. The number of hydrogen-bond acceptors (Lipinski definition) is 3. The summed E-state index contributed by atoms with van der Waals surface area (Å²) in [5.41, 5.74) is 1.05. The maximum atomic E-state index is 13.0. The molecule has 23 heavy (non-hydrogen) atoms. The van der Waals surface area contributed by atoms with Crippen molar-refractivity contribution in [2.45, 2.75) is 37.5 Å². The molecule has 0 heterocycles. The van der Waals surface area contributed by atoms with Crippen molar-refractivity contribution < 1.29 is 14.3 Å². The molecule has 0 radical (unpaired) electrons. The van der Waals surface area contributed by atoms with E-state index >= 15 is 0 Å². The molecule has 2 fully saturated rings. The van der Waals surface area contributed by atoms with Gasteiger partial charge in [0.15, 0.2) is 11.5 Å². The molecule has 4 rings (SSSR count). The first kappa shape index (κ1) is 14.7. The zero-order valence-electron chi connectivity index (χ0n) is 13.5. The summed E-state index contributed by atoms with van der Waals surface area (Å²) in [6.07, 6.45) is 6.96. The zero-order chi connectivity index (χ0) is 16.0. The van der Waals surface area contributed by atoms with Crippen LogP contribution in [0, 0.1) is 17.8 Å². The Labute approximate surface area is 136 Å². The van der Waals surface area contributed by atoms with Gasteiger partial charge in [-0.2, -0.15) is 0 Å². The number of carbonyl (C=O) groups excluding carboxylic acids is 2. The van der Waals surface area contributed by atoms with Crippen molar-refractivity contribution in [1.29, 1.82) is 0 Å². The second kappa shape index (κ2) is 5.33. The minimum Gasteiger partial charge on any atom is -0.493 e. The number of benzene rings is 1. The summed E-state index contributed by atoms with van der Waals surface area (Å²) in [6, 6.07) is 10.4. The molecule has 1 aromatic carbocycles. The molecular weight excluding hydrogens is 288 g/mol. The standard InChI is InChI=1S/C20H22O3/c1-23-16-12-15(21)17-14-10-6-3-7-11-20(14,18(17)19(16)22)13-8-4-2-5-9-13/h2,4-5,8-9,12,14,17-18H,3,6-7,10-11H2,1H3/t14?,17-,18-,20+/m0/s1. The lowest BCUT2D eigenvalue weighted by atomic mass is 9.40. The molecule has 120 valence electrons. The van der Waals surface area contributed by atoms with Crippen molar-refractivity contribution >= 4 is 11.6 Å². The van der Waals surface area contributed by atoms with Crippen molar-refractivity contribution in [3.8, 4) is 0 Å². The fourth-order valence-corrected chi connectivity index (χ4v) is 5.38. The van der Waals surface area contributed by atoms with Crippen LogP contribution in [0.4, 0.5) is 0 Å². The van der Waals surface area contributed by atoms with Crippen LogP contribution >= 0.6 is 0 Å². The van der Waals surface area contributed by atoms with Gasteiger partial charge in [-0.1, -0.05) is 49.6 Å². The van der Waals surface area contributed by atoms with Gasteiger partial charge in [-0.05, 0) is 24.3 Å². The van der Waals surface area contributed by atoms with Crippen molar-refractivity contribution in [2.75, 3.05) is 7.11 Å². The monoisotopic (exact) mass is 310 g/mol.